The number of hydrogen-bond acceptors (Lipinski definition) is 1. The monoisotopic (exact) mass is 345 g/mol. The zero-order valence-corrected chi connectivity index (χ0v) is 12.2. The van der Waals surface area contributed by atoms with Crippen molar-refractivity contribution in [2.75, 3.05) is 0 Å². The second-order valence-electron chi connectivity index (χ2n) is 4.20. The molecule has 19 heavy (non-hydrogen) atoms. The molecule has 0 spiro atoms. The average Bonchev–Trinajstić information content (AvgIpc) is 2.38. The van der Waals surface area contributed by atoms with Crippen LogP contribution in [-0.4, -0.2) is 0 Å². The van der Waals surface area contributed by atoms with Gasteiger partial charge in [-0.2, -0.15) is 0 Å². The second-order valence-corrected chi connectivity index (χ2v) is 5.46. The van der Waals surface area contributed by atoms with Gasteiger partial charge in [0.1, 0.15) is 11.6 Å². The molecule has 1 atom stereocenters. The summed E-state index contributed by atoms with van der Waals surface area (Å²) in [5.41, 5.74) is 7.19. The second kappa shape index (κ2) is 5.99. The summed E-state index contributed by atoms with van der Waals surface area (Å²) in [4.78, 5) is 0. The van der Waals surface area contributed by atoms with Crippen molar-refractivity contribution < 1.29 is 8.78 Å². The lowest BCUT2D eigenvalue weighted by atomic mass is 9.99. The summed E-state index contributed by atoms with van der Waals surface area (Å²) < 4.78 is 27.2. The fraction of sp³-hybridized carbons (Fsp3) is 0.143. The van der Waals surface area contributed by atoms with Crippen LogP contribution in [0.4, 0.5) is 8.78 Å². The van der Waals surface area contributed by atoms with Crippen LogP contribution in [0.5, 0.6) is 0 Å². The van der Waals surface area contributed by atoms with E-state index in [1.807, 2.05) is 0 Å². The highest BCUT2D eigenvalue weighted by Crippen LogP contribution is 2.25. The molecule has 0 amide bonds. The van der Waals surface area contributed by atoms with Gasteiger partial charge in [0.05, 0.1) is 9.50 Å². The van der Waals surface area contributed by atoms with E-state index in [-0.39, 0.29) is 10.8 Å². The summed E-state index contributed by atoms with van der Waals surface area (Å²) in [6.07, 6.45) is 0.296. The lowest BCUT2D eigenvalue weighted by Gasteiger charge is -2.13. The molecule has 0 radical (unpaired) electrons. The summed E-state index contributed by atoms with van der Waals surface area (Å²) in [7, 11) is 0. The van der Waals surface area contributed by atoms with Crippen LogP contribution in [0.2, 0.25) is 5.02 Å². The first-order chi connectivity index (χ1) is 8.99. The predicted molar refractivity (Wildman–Crippen MR) is 76.1 cm³/mol. The first-order valence-corrected chi connectivity index (χ1v) is 6.79. The molecular weight excluding hydrogens is 336 g/mol. The zero-order valence-electron chi connectivity index (χ0n) is 9.84. The van der Waals surface area contributed by atoms with Gasteiger partial charge in [-0.25, -0.2) is 8.78 Å². The molecule has 0 aliphatic rings. The highest BCUT2D eigenvalue weighted by atomic mass is 79.9. The van der Waals surface area contributed by atoms with Crippen molar-refractivity contribution in [3.8, 4) is 0 Å². The summed E-state index contributed by atoms with van der Waals surface area (Å²) in [5, 5.41) is 0.0741. The van der Waals surface area contributed by atoms with Gasteiger partial charge in [-0.1, -0.05) is 29.8 Å². The van der Waals surface area contributed by atoms with Crippen molar-refractivity contribution in [2.24, 2.45) is 5.73 Å². The largest absolute Gasteiger partial charge is 0.324 e. The normalized spacial score (nSPS) is 12.5. The Balaban J connectivity index is 2.23. The molecule has 0 fully saturated rings. The van der Waals surface area contributed by atoms with E-state index in [1.165, 1.54) is 12.1 Å². The average molecular weight is 347 g/mol. The standard InChI is InChI=1S/C14H11BrClF2N/c15-10-6-8(4-5-12(10)17)13(19)7-9-2-1-3-11(16)14(9)18/h1-6,13H,7,19H2. The summed E-state index contributed by atoms with van der Waals surface area (Å²) in [6.45, 7) is 0. The number of rotatable bonds is 3. The smallest absolute Gasteiger partial charge is 0.145 e. The first-order valence-electron chi connectivity index (χ1n) is 5.62. The molecule has 1 nitrogen and oxygen atoms in total. The quantitative estimate of drug-likeness (QED) is 0.862. The van der Waals surface area contributed by atoms with Gasteiger partial charge in [-0.05, 0) is 51.7 Å². The molecule has 2 N–H and O–H groups in total. The van der Waals surface area contributed by atoms with Gasteiger partial charge < -0.3 is 5.73 Å². The minimum absolute atomic E-state index is 0.0741. The molecule has 0 heterocycles. The topological polar surface area (TPSA) is 26.0 Å². The van der Waals surface area contributed by atoms with Crippen LogP contribution in [0.25, 0.3) is 0 Å². The SMILES string of the molecule is NC(Cc1cccc(Cl)c1F)c1ccc(F)c(Br)c1. The van der Waals surface area contributed by atoms with Gasteiger partial charge >= 0.3 is 0 Å². The lowest BCUT2D eigenvalue weighted by molar-refractivity contribution is 0.591. The van der Waals surface area contributed by atoms with E-state index in [9.17, 15) is 8.78 Å². The molecule has 0 aliphatic heterocycles. The lowest BCUT2D eigenvalue weighted by Crippen LogP contribution is -2.14. The zero-order chi connectivity index (χ0) is 14.0. The molecule has 2 aromatic carbocycles. The summed E-state index contributed by atoms with van der Waals surface area (Å²) in [6, 6.07) is 8.89. The molecular formula is C14H11BrClF2N. The van der Waals surface area contributed by atoms with Crippen LogP contribution < -0.4 is 5.73 Å². The molecule has 0 bridgehead atoms. The van der Waals surface area contributed by atoms with Crippen molar-refractivity contribution in [1.82, 2.24) is 0 Å². The summed E-state index contributed by atoms with van der Waals surface area (Å²) in [5.74, 6) is -0.814. The number of benzene rings is 2. The number of nitrogens with two attached hydrogens (primary N) is 1. The molecule has 2 aromatic rings. The molecule has 1 unspecified atom stereocenters. The first kappa shape index (κ1) is 14.4. The minimum atomic E-state index is -0.458. The van der Waals surface area contributed by atoms with Gasteiger partial charge in [0.15, 0.2) is 0 Å². The molecule has 0 aromatic heterocycles. The Bertz CT molecular complexity index is 604. The van der Waals surface area contributed by atoms with Gasteiger partial charge in [0.2, 0.25) is 0 Å². The Morgan fingerprint density at radius 2 is 1.95 bits per heavy atom. The Morgan fingerprint density at radius 3 is 2.63 bits per heavy atom. The fourth-order valence-corrected chi connectivity index (χ4v) is 2.39. The molecule has 2 rings (SSSR count). The number of halogens is 4. The summed E-state index contributed by atoms with van der Waals surface area (Å²) >= 11 is 8.82. The maximum atomic E-state index is 13.8. The van der Waals surface area contributed by atoms with Crippen LogP contribution in [0.15, 0.2) is 40.9 Å². The highest BCUT2D eigenvalue weighted by molar-refractivity contribution is 9.10. The Morgan fingerprint density at radius 1 is 1.21 bits per heavy atom. The van der Waals surface area contributed by atoms with Gasteiger partial charge in [-0.15, -0.1) is 0 Å². The van der Waals surface area contributed by atoms with E-state index in [2.05, 4.69) is 15.9 Å². The van der Waals surface area contributed by atoms with Crippen molar-refractivity contribution in [3.63, 3.8) is 0 Å². The highest BCUT2D eigenvalue weighted by Gasteiger charge is 2.13. The fourth-order valence-electron chi connectivity index (χ4n) is 1.80. The van der Waals surface area contributed by atoms with E-state index in [4.69, 9.17) is 17.3 Å². The Labute approximate surface area is 123 Å². The molecule has 100 valence electrons. The number of hydrogen-bond donors (Lipinski definition) is 1. The van der Waals surface area contributed by atoms with Crippen LogP contribution in [-0.2, 0) is 6.42 Å². The van der Waals surface area contributed by atoms with Crippen LogP contribution in [0, 0.1) is 11.6 Å². The third-order valence-electron chi connectivity index (χ3n) is 2.84. The van der Waals surface area contributed by atoms with Crippen LogP contribution in [0.3, 0.4) is 0 Å². The third-order valence-corrected chi connectivity index (χ3v) is 3.74. The van der Waals surface area contributed by atoms with Crippen molar-refractivity contribution in [2.45, 2.75) is 12.5 Å². The molecule has 5 heteroatoms. The Hall–Kier alpha value is -0.970. The van der Waals surface area contributed by atoms with Gasteiger partial charge in [0.25, 0.3) is 0 Å². The van der Waals surface area contributed by atoms with E-state index in [0.29, 0.717) is 16.5 Å². The maximum absolute atomic E-state index is 13.8. The van der Waals surface area contributed by atoms with E-state index < -0.39 is 11.9 Å². The third kappa shape index (κ3) is 3.32. The van der Waals surface area contributed by atoms with Crippen molar-refractivity contribution >= 4 is 27.5 Å². The molecule has 0 saturated heterocycles. The van der Waals surface area contributed by atoms with E-state index >= 15 is 0 Å². The van der Waals surface area contributed by atoms with Gasteiger partial charge in [-0.3, -0.25) is 0 Å². The molecule has 0 saturated carbocycles. The van der Waals surface area contributed by atoms with Crippen LogP contribution >= 0.6 is 27.5 Å². The minimum Gasteiger partial charge on any atom is -0.324 e. The van der Waals surface area contributed by atoms with Crippen molar-refractivity contribution in [3.05, 3.63) is 68.7 Å². The van der Waals surface area contributed by atoms with Crippen LogP contribution in [0.1, 0.15) is 17.2 Å². The Kier molecular flexibility index (Phi) is 4.55. The van der Waals surface area contributed by atoms with E-state index in [0.717, 1.165) is 5.56 Å². The maximum Gasteiger partial charge on any atom is 0.145 e. The van der Waals surface area contributed by atoms with Crippen molar-refractivity contribution in [1.29, 1.82) is 0 Å². The molecule has 0 aliphatic carbocycles. The predicted octanol–water partition coefficient (Wildman–Crippen LogP) is 4.62. The van der Waals surface area contributed by atoms with Gasteiger partial charge in [0, 0.05) is 6.04 Å². The van der Waals surface area contributed by atoms with E-state index in [1.54, 1.807) is 24.3 Å².